The van der Waals surface area contributed by atoms with Crippen molar-refractivity contribution in [2.24, 2.45) is 5.92 Å². The highest BCUT2D eigenvalue weighted by Gasteiger charge is 1.97. The SMILES string of the molecule is C=CC(C)CCCc1ccc(F)cc1. The molecule has 76 valence electrons. The highest BCUT2D eigenvalue weighted by Crippen LogP contribution is 2.11. The minimum atomic E-state index is -0.159. The molecule has 0 aliphatic carbocycles. The lowest BCUT2D eigenvalue weighted by atomic mass is 10.0. The third-order valence-corrected chi connectivity index (χ3v) is 2.44. The molecule has 1 rings (SSSR count). The minimum Gasteiger partial charge on any atom is -0.207 e. The van der Waals surface area contributed by atoms with Crippen LogP contribution in [0.4, 0.5) is 4.39 Å². The predicted molar refractivity (Wildman–Crippen MR) is 58.7 cm³/mol. The van der Waals surface area contributed by atoms with E-state index < -0.39 is 0 Å². The molecule has 0 aliphatic rings. The molecule has 0 nitrogen and oxygen atoms in total. The Hall–Kier alpha value is -1.11. The quantitative estimate of drug-likeness (QED) is 0.619. The zero-order valence-corrected chi connectivity index (χ0v) is 8.67. The summed E-state index contributed by atoms with van der Waals surface area (Å²) >= 11 is 0. The van der Waals surface area contributed by atoms with Gasteiger partial charge in [-0.1, -0.05) is 25.1 Å². The van der Waals surface area contributed by atoms with Crippen molar-refractivity contribution in [3.63, 3.8) is 0 Å². The molecule has 0 aromatic heterocycles. The van der Waals surface area contributed by atoms with Crippen LogP contribution < -0.4 is 0 Å². The van der Waals surface area contributed by atoms with E-state index in [-0.39, 0.29) is 5.82 Å². The summed E-state index contributed by atoms with van der Waals surface area (Å²) in [7, 11) is 0. The second kappa shape index (κ2) is 5.58. The maximum atomic E-state index is 12.6. The number of hydrogen-bond donors (Lipinski definition) is 0. The Morgan fingerprint density at radius 3 is 2.57 bits per heavy atom. The summed E-state index contributed by atoms with van der Waals surface area (Å²) in [6, 6.07) is 6.75. The van der Waals surface area contributed by atoms with Gasteiger partial charge in [0, 0.05) is 0 Å². The van der Waals surface area contributed by atoms with Gasteiger partial charge in [-0.3, -0.25) is 0 Å². The van der Waals surface area contributed by atoms with E-state index in [9.17, 15) is 4.39 Å². The molecule has 0 heterocycles. The van der Waals surface area contributed by atoms with E-state index in [2.05, 4.69) is 13.5 Å². The Labute approximate surface area is 85.5 Å². The third-order valence-electron chi connectivity index (χ3n) is 2.44. The Kier molecular flexibility index (Phi) is 4.37. The number of hydrogen-bond acceptors (Lipinski definition) is 0. The lowest BCUT2D eigenvalue weighted by Gasteiger charge is -2.05. The van der Waals surface area contributed by atoms with E-state index in [4.69, 9.17) is 0 Å². The fourth-order valence-electron chi connectivity index (χ4n) is 1.40. The van der Waals surface area contributed by atoms with Crippen LogP contribution in [-0.2, 0) is 6.42 Å². The number of rotatable bonds is 5. The molecule has 14 heavy (non-hydrogen) atoms. The van der Waals surface area contributed by atoms with Crippen LogP contribution in [0.5, 0.6) is 0 Å². The van der Waals surface area contributed by atoms with Crippen molar-refractivity contribution < 1.29 is 4.39 Å². The highest BCUT2D eigenvalue weighted by molar-refractivity contribution is 5.15. The van der Waals surface area contributed by atoms with Crippen molar-refractivity contribution >= 4 is 0 Å². The van der Waals surface area contributed by atoms with E-state index in [1.165, 1.54) is 17.7 Å². The molecular weight excluding hydrogens is 175 g/mol. The van der Waals surface area contributed by atoms with Gasteiger partial charge in [-0.05, 0) is 42.9 Å². The van der Waals surface area contributed by atoms with Gasteiger partial charge in [0.2, 0.25) is 0 Å². The van der Waals surface area contributed by atoms with Crippen LogP contribution in [0.25, 0.3) is 0 Å². The monoisotopic (exact) mass is 192 g/mol. The molecule has 0 bridgehead atoms. The van der Waals surface area contributed by atoms with Crippen LogP contribution in [-0.4, -0.2) is 0 Å². The van der Waals surface area contributed by atoms with Crippen molar-refractivity contribution in [1.29, 1.82) is 0 Å². The van der Waals surface area contributed by atoms with Crippen LogP contribution in [0.15, 0.2) is 36.9 Å². The standard InChI is InChI=1S/C13H17F/c1-3-11(2)5-4-6-12-7-9-13(14)10-8-12/h3,7-11H,1,4-6H2,2H3. The van der Waals surface area contributed by atoms with Crippen molar-refractivity contribution in [1.82, 2.24) is 0 Å². The van der Waals surface area contributed by atoms with E-state index in [0.29, 0.717) is 5.92 Å². The molecular formula is C13H17F. The van der Waals surface area contributed by atoms with E-state index in [1.54, 1.807) is 0 Å². The lowest BCUT2D eigenvalue weighted by molar-refractivity contribution is 0.604. The van der Waals surface area contributed by atoms with Gasteiger partial charge in [-0.15, -0.1) is 6.58 Å². The van der Waals surface area contributed by atoms with Crippen molar-refractivity contribution in [2.45, 2.75) is 26.2 Å². The summed E-state index contributed by atoms with van der Waals surface area (Å²) in [6.07, 6.45) is 5.29. The molecule has 0 fully saturated rings. The van der Waals surface area contributed by atoms with Crippen molar-refractivity contribution in [2.75, 3.05) is 0 Å². The first-order valence-corrected chi connectivity index (χ1v) is 5.09. The molecule has 1 atom stereocenters. The third kappa shape index (κ3) is 3.73. The van der Waals surface area contributed by atoms with Gasteiger partial charge in [0.25, 0.3) is 0 Å². The van der Waals surface area contributed by atoms with Gasteiger partial charge >= 0.3 is 0 Å². The van der Waals surface area contributed by atoms with Crippen LogP contribution >= 0.6 is 0 Å². The summed E-state index contributed by atoms with van der Waals surface area (Å²) in [5.41, 5.74) is 1.21. The van der Waals surface area contributed by atoms with Crippen LogP contribution in [0.2, 0.25) is 0 Å². The molecule has 0 spiro atoms. The summed E-state index contributed by atoms with van der Waals surface area (Å²) in [6.45, 7) is 5.91. The number of allylic oxidation sites excluding steroid dienone is 1. The molecule has 1 heteroatoms. The molecule has 1 aromatic carbocycles. The fourth-order valence-corrected chi connectivity index (χ4v) is 1.40. The van der Waals surface area contributed by atoms with Gasteiger partial charge in [0.05, 0.1) is 0 Å². The molecule has 1 unspecified atom stereocenters. The predicted octanol–water partition coefficient (Wildman–Crippen LogP) is 3.97. The molecule has 0 amide bonds. The number of aryl methyl sites for hydroxylation is 1. The Bertz CT molecular complexity index is 274. The summed E-state index contributed by atoms with van der Waals surface area (Å²) in [5.74, 6) is 0.420. The highest BCUT2D eigenvalue weighted by atomic mass is 19.1. The topological polar surface area (TPSA) is 0 Å². The Morgan fingerprint density at radius 2 is 2.00 bits per heavy atom. The summed E-state index contributed by atoms with van der Waals surface area (Å²) < 4.78 is 12.6. The second-order valence-electron chi connectivity index (χ2n) is 3.73. The normalized spacial score (nSPS) is 12.4. The van der Waals surface area contributed by atoms with Crippen LogP contribution in [0, 0.1) is 11.7 Å². The smallest absolute Gasteiger partial charge is 0.123 e. The van der Waals surface area contributed by atoms with Gasteiger partial charge in [0.1, 0.15) is 5.82 Å². The zero-order chi connectivity index (χ0) is 10.4. The minimum absolute atomic E-state index is 0.159. The summed E-state index contributed by atoms with van der Waals surface area (Å²) in [5, 5.41) is 0. The molecule has 0 saturated heterocycles. The van der Waals surface area contributed by atoms with Crippen molar-refractivity contribution in [3.05, 3.63) is 48.3 Å². The first kappa shape index (κ1) is 11.0. The fraction of sp³-hybridized carbons (Fsp3) is 0.385. The average molecular weight is 192 g/mol. The summed E-state index contributed by atoms with van der Waals surface area (Å²) in [4.78, 5) is 0. The molecule has 0 radical (unpaired) electrons. The Balaban J connectivity index is 2.31. The maximum Gasteiger partial charge on any atom is 0.123 e. The number of benzene rings is 1. The average Bonchev–Trinajstić information content (AvgIpc) is 2.21. The van der Waals surface area contributed by atoms with Gasteiger partial charge in [-0.2, -0.15) is 0 Å². The largest absolute Gasteiger partial charge is 0.207 e. The van der Waals surface area contributed by atoms with Gasteiger partial charge < -0.3 is 0 Å². The first-order valence-electron chi connectivity index (χ1n) is 5.09. The molecule has 0 N–H and O–H groups in total. The van der Waals surface area contributed by atoms with Crippen molar-refractivity contribution in [3.8, 4) is 0 Å². The van der Waals surface area contributed by atoms with E-state index in [0.717, 1.165) is 19.3 Å². The lowest BCUT2D eigenvalue weighted by Crippen LogP contribution is -1.92. The van der Waals surface area contributed by atoms with E-state index >= 15 is 0 Å². The molecule has 0 saturated carbocycles. The van der Waals surface area contributed by atoms with Crippen LogP contribution in [0.3, 0.4) is 0 Å². The number of halogens is 1. The van der Waals surface area contributed by atoms with Gasteiger partial charge in [0.15, 0.2) is 0 Å². The van der Waals surface area contributed by atoms with E-state index in [1.807, 2.05) is 18.2 Å². The van der Waals surface area contributed by atoms with Crippen LogP contribution in [0.1, 0.15) is 25.3 Å². The Morgan fingerprint density at radius 1 is 1.36 bits per heavy atom. The zero-order valence-electron chi connectivity index (χ0n) is 8.67. The first-order chi connectivity index (χ1) is 6.72. The molecule has 0 aliphatic heterocycles. The maximum absolute atomic E-state index is 12.6. The second-order valence-corrected chi connectivity index (χ2v) is 3.73. The van der Waals surface area contributed by atoms with Gasteiger partial charge in [-0.25, -0.2) is 4.39 Å². The molecule has 1 aromatic rings.